The second-order valence-electron chi connectivity index (χ2n) is 7.60. The van der Waals surface area contributed by atoms with Crippen molar-refractivity contribution >= 4 is 33.9 Å². The van der Waals surface area contributed by atoms with E-state index < -0.39 is 0 Å². The van der Waals surface area contributed by atoms with Gasteiger partial charge in [-0.15, -0.1) is 0 Å². The van der Waals surface area contributed by atoms with Crippen LogP contribution < -0.4 is 27.4 Å². The van der Waals surface area contributed by atoms with E-state index in [0.717, 1.165) is 53.8 Å². The summed E-state index contributed by atoms with van der Waals surface area (Å²) in [6, 6.07) is 11.9. The highest BCUT2D eigenvalue weighted by molar-refractivity contribution is 6.32. The van der Waals surface area contributed by atoms with Gasteiger partial charge < -0.3 is 26.8 Å². The number of rotatable bonds is 6. The lowest BCUT2D eigenvalue weighted by Gasteiger charge is -2.33. The van der Waals surface area contributed by atoms with Crippen molar-refractivity contribution < 1.29 is 27.2 Å². The Bertz CT molecular complexity index is 1130. The fourth-order valence-corrected chi connectivity index (χ4v) is 4.33. The third-order valence-electron chi connectivity index (χ3n) is 5.78. The first-order valence-corrected chi connectivity index (χ1v) is 10.6. The van der Waals surface area contributed by atoms with Crippen LogP contribution in [0.4, 0.5) is 11.5 Å². The molecule has 32 heavy (non-hydrogen) atoms. The Morgan fingerprint density at radius 2 is 1.97 bits per heavy atom. The Labute approximate surface area is 198 Å². The Kier molecular flexibility index (Phi) is 8.10. The first-order chi connectivity index (χ1) is 15.1. The summed E-state index contributed by atoms with van der Waals surface area (Å²) in [6.45, 7) is 2.41. The number of anilines is 1. The molecule has 9 heteroatoms. The number of benzene rings is 2. The molecule has 0 bridgehead atoms. The van der Waals surface area contributed by atoms with E-state index >= 15 is 0 Å². The SMILES string of the molecule is COc1ccc(C[NH2+]c2nncc3c(N4CCC(OC)CC4)cc(C#N)cc23)cc1Cl.[Cl-]. The number of nitriles is 1. The minimum absolute atomic E-state index is 0. The Hall–Kier alpha value is -2.63. The predicted octanol–water partition coefficient (Wildman–Crippen LogP) is 0.178. The zero-order valence-corrected chi connectivity index (χ0v) is 19.5. The zero-order valence-electron chi connectivity index (χ0n) is 18.0. The minimum atomic E-state index is 0. The first kappa shape index (κ1) is 24.0. The summed E-state index contributed by atoms with van der Waals surface area (Å²) in [4.78, 5) is 2.31. The molecule has 0 spiro atoms. The lowest BCUT2D eigenvalue weighted by atomic mass is 10.0. The molecule has 168 valence electrons. The highest BCUT2D eigenvalue weighted by atomic mass is 35.5. The van der Waals surface area contributed by atoms with Crippen molar-refractivity contribution in [2.24, 2.45) is 0 Å². The molecule has 7 nitrogen and oxygen atoms in total. The number of nitrogens with two attached hydrogens (primary N) is 1. The predicted molar refractivity (Wildman–Crippen MR) is 120 cm³/mol. The van der Waals surface area contributed by atoms with Crippen LogP contribution in [0.2, 0.25) is 5.02 Å². The highest BCUT2D eigenvalue weighted by Crippen LogP contribution is 2.32. The number of fused-ring (bicyclic) bond motifs is 1. The monoisotopic (exact) mass is 473 g/mol. The Morgan fingerprint density at radius 1 is 1.19 bits per heavy atom. The second kappa shape index (κ2) is 10.8. The summed E-state index contributed by atoms with van der Waals surface area (Å²) in [6.07, 6.45) is 4.01. The maximum Gasteiger partial charge on any atom is 0.252 e. The summed E-state index contributed by atoms with van der Waals surface area (Å²) < 4.78 is 10.7. The van der Waals surface area contributed by atoms with Crippen LogP contribution in [0.3, 0.4) is 0 Å². The molecule has 0 amide bonds. The number of piperidine rings is 1. The van der Waals surface area contributed by atoms with E-state index in [1.807, 2.05) is 35.6 Å². The van der Waals surface area contributed by atoms with Gasteiger partial charge in [-0.25, -0.2) is 0 Å². The molecule has 1 aliphatic rings. The quantitative estimate of drug-likeness (QED) is 0.549. The molecule has 1 fully saturated rings. The zero-order chi connectivity index (χ0) is 21.8. The molecular formula is C23H25Cl2N5O2. The van der Waals surface area contributed by atoms with E-state index in [0.29, 0.717) is 29.0 Å². The van der Waals surface area contributed by atoms with E-state index in [1.54, 1.807) is 20.4 Å². The summed E-state index contributed by atoms with van der Waals surface area (Å²) in [7, 11) is 3.36. The van der Waals surface area contributed by atoms with Crippen LogP contribution in [-0.2, 0) is 11.3 Å². The summed E-state index contributed by atoms with van der Waals surface area (Å²) in [5, 5.41) is 22.8. The van der Waals surface area contributed by atoms with Crippen molar-refractivity contribution in [2.75, 3.05) is 32.2 Å². The molecule has 1 aromatic heterocycles. The minimum Gasteiger partial charge on any atom is -1.00 e. The normalized spacial score (nSPS) is 14.1. The third kappa shape index (κ3) is 5.05. The molecular weight excluding hydrogens is 449 g/mol. The van der Waals surface area contributed by atoms with Gasteiger partial charge in [0.1, 0.15) is 12.3 Å². The Morgan fingerprint density at radius 3 is 2.62 bits per heavy atom. The molecule has 2 N–H and O–H groups in total. The van der Waals surface area contributed by atoms with Crippen LogP contribution in [0.1, 0.15) is 24.0 Å². The van der Waals surface area contributed by atoms with Crippen molar-refractivity contribution in [2.45, 2.75) is 25.5 Å². The van der Waals surface area contributed by atoms with Crippen LogP contribution in [0.25, 0.3) is 10.8 Å². The number of nitrogens with zero attached hydrogens (tertiary/aromatic N) is 4. The summed E-state index contributed by atoms with van der Waals surface area (Å²) >= 11 is 6.26. The van der Waals surface area contributed by atoms with Crippen molar-refractivity contribution in [1.82, 2.24) is 10.2 Å². The molecule has 0 unspecified atom stereocenters. The molecule has 2 aromatic carbocycles. The Balaban J connectivity index is 0.00000289. The smallest absolute Gasteiger partial charge is 0.252 e. The maximum atomic E-state index is 9.62. The van der Waals surface area contributed by atoms with Gasteiger partial charge in [-0.05, 0) is 43.2 Å². The molecule has 2 heterocycles. The highest BCUT2D eigenvalue weighted by Gasteiger charge is 2.22. The topological polar surface area (TPSA) is 87.9 Å². The van der Waals surface area contributed by atoms with Crippen molar-refractivity contribution in [3.63, 3.8) is 0 Å². The molecule has 1 saturated heterocycles. The number of halogens is 2. The number of hydrogen-bond acceptors (Lipinski definition) is 6. The molecule has 4 rings (SSSR count). The van der Waals surface area contributed by atoms with Gasteiger partial charge in [0.05, 0.1) is 41.5 Å². The van der Waals surface area contributed by atoms with E-state index in [1.165, 1.54) is 0 Å². The van der Waals surface area contributed by atoms with Gasteiger partial charge in [0.15, 0.2) is 0 Å². The van der Waals surface area contributed by atoms with Gasteiger partial charge in [0, 0.05) is 36.8 Å². The van der Waals surface area contributed by atoms with Crippen LogP contribution in [0.5, 0.6) is 5.75 Å². The lowest BCUT2D eigenvalue weighted by Crippen LogP contribution is -3.00. The largest absolute Gasteiger partial charge is 1.00 e. The summed E-state index contributed by atoms with van der Waals surface area (Å²) in [5.41, 5.74) is 2.69. The van der Waals surface area contributed by atoms with E-state index in [-0.39, 0.29) is 12.4 Å². The van der Waals surface area contributed by atoms with Crippen LogP contribution in [0, 0.1) is 11.3 Å². The maximum absolute atomic E-state index is 9.62. The van der Waals surface area contributed by atoms with Gasteiger partial charge in [-0.1, -0.05) is 16.7 Å². The van der Waals surface area contributed by atoms with Gasteiger partial charge in [-0.3, -0.25) is 5.32 Å². The number of quaternary nitrogens is 1. The third-order valence-corrected chi connectivity index (χ3v) is 6.07. The van der Waals surface area contributed by atoms with Gasteiger partial charge >= 0.3 is 0 Å². The number of aromatic nitrogens is 2. The number of ether oxygens (including phenoxy) is 2. The molecule has 0 aliphatic carbocycles. The average molecular weight is 474 g/mol. The van der Waals surface area contributed by atoms with E-state index in [4.69, 9.17) is 21.1 Å². The van der Waals surface area contributed by atoms with Crippen LogP contribution >= 0.6 is 11.6 Å². The number of methoxy groups -OCH3 is 2. The van der Waals surface area contributed by atoms with Gasteiger partial charge in [-0.2, -0.15) is 10.4 Å². The molecule has 1 aliphatic heterocycles. The van der Waals surface area contributed by atoms with Crippen molar-refractivity contribution in [3.8, 4) is 11.8 Å². The van der Waals surface area contributed by atoms with Gasteiger partial charge in [0.25, 0.3) is 5.82 Å². The van der Waals surface area contributed by atoms with E-state index in [2.05, 4.69) is 21.2 Å². The average Bonchev–Trinajstić information content (AvgIpc) is 2.82. The second-order valence-corrected chi connectivity index (χ2v) is 8.00. The van der Waals surface area contributed by atoms with E-state index in [9.17, 15) is 5.26 Å². The lowest BCUT2D eigenvalue weighted by molar-refractivity contribution is -0.591. The van der Waals surface area contributed by atoms with Gasteiger partial charge in [0.2, 0.25) is 0 Å². The van der Waals surface area contributed by atoms with Crippen molar-refractivity contribution in [1.29, 1.82) is 5.26 Å². The molecule has 0 atom stereocenters. The fraction of sp³-hybridized carbons (Fsp3) is 0.348. The molecule has 0 saturated carbocycles. The molecule has 0 radical (unpaired) electrons. The fourth-order valence-electron chi connectivity index (χ4n) is 4.05. The van der Waals surface area contributed by atoms with Crippen LogP contribution in [0.15, 0.2) is 36.5 Å². The molecule has 3 aromatic rings. The van der Waals surface area contributed by atoms with Crippen molar-refractivity contribution in [3.05, 3.63) is 52.7 Å². The first-order valence-electron chi connectivity index (χ1n) is 10.3. The standard InChI is InChI=1S/C23H24ClN5O2.ClH/c1-30-17-5-7-29(8-6-17)21-11-16(12-25)9-18-19(21)14-27-28-23(18)26-13-15-3-4-22(31-2)20(24)10-15;/h3-4,9-11,14,17H,5-8,13H2,1-2H3,(H,26,28);1H. The van der Waals surface area contributed by atoms with Crippen LogP contribution in [-0.4, -0.2) is 43.6 Å². The summed E-state index contributed by atoms with van der Waals surface area (Å²) in [5.74, 6) is 1.41. The number of hydrogen-bond donors (Lipinski definition) is 1.